The van der Waals surface area contributed by atoms with Gasteiger partial charge in [-0.15, -0.1) is 0 Å². The zero-order chi connectivity index (χ0) is 11.7. The second-order valence-corrected chi connectivity index (χ2v) is 4.81. The van der Waals surface area contributed by atoms with E-state index in [1.165, 1.54) is 12.8 Å². The fraction of sp³-hybridized carbons (Fsp3) is 0.750. The molecule has 1 aliphatic rings. The van der Waals surface area contributed by atoms with Crippen molar-refractivity contribution in [3.05, 3.63) is 5.69 Å². The summed E-state index contributed by atoms with van der Waals surface area (Å²) in [6, 6.07) is 0. The van der Waals surface area contributed by atoms with Crippen molar-refractivity contribution in [3.63, 3.8) is 0 Å². The molecular weight excluding hydrogens is 200 g/mol. The average molecular weight is 222 g/mol. The molecule has 2 N–H and O–H groups in total. The molecule has 0 atom stereocenters. The van der Waals surface area contributed by atoms with Gasteiger partial charge < -0.3 is 10.6 Å². The minimum atomic E-state index is 0.844. The third-order valence-corrected chi connectivity index (χ3v) is 3.53. The van der Waals surface area contributed by atoms with Gasteiger partial charge in [-0.25, -0.2) is 4.68 Å². The van der Waals surface area contributed by atoms with Gasteiger partial charge in [0, 0.05) is 19.6 Å². The molecule has 0 saturated carbocycles. The van der Waals surface area contributed by atoms with E-state index >= 15 is 0 Å². The van der Waals surface area contributed by atoms with Gasteiger partial charge >= 0.3 is 0 Å². The predicted molar refractivity (Wildman–Crippen MR) is 67.7 cm³/mol. The molecule has 0 spiro atoms. The first kappa shape index (κ1) is 11.3. The molecule has 1 aromatic heterocycles. The van der Waals surface area contributed by atoms with Crippen LogP contribution in [0.2, 0.25) is 0 Å². The van der Waals surface area contributed by atoms with E-state index in [2.05, 4.69) is 23.8 Å². The minimum absolute atomic E-state index is 0.844. The van der Waals surface area contributed by atoms with Crippen molar-refractivity contribution in [2.75, 3.05) is 23.7 Å². The summed E-state index contributed by atoms with van der Waals surface area (Å²) >= 11 is 0. The maximum atomic E-state index is 6.12. The number of aryl methyl sites for hydroxylation is 2. The second kappa shape index (κ2) is 4.36. The van der Waals surface area contributed by atoms with Gasteiger partial charge in [0.25, 0.3) is 0 Å². The number of anilines is 2. The van der Waals surface area contributed by atoms with Crippen molar-refractivity contribution in [2.24, 2.45) is 5.92 Å². The standard InChI is InChI=1S/C12H22N4/c1-4-16-12(11(13)10(3)14-16)15-7-5-9(2)6-8-15/h9H,4-8,13H2,1-3H3. The number of aromatic nitrogens is 2. The van der Waals surface area contributed by atoms with Crippen molar-refractivity contribution in [2.45, 2.75) is 40.2 Å². The van der Waals surface area contributed by atoms with Crippen LogP contribution in [-0.2, 0) is 6.54 Å². The fourth-order valence-electron chi connectivity index (χ4n) is 2.36. The summed E-state index contributed by atoms with van der Waals surface area (Å²) in [5.74, 6) is 1.98. The molecule has 0 bridgehead atoms. The predicted octanol–water partition coefficient (Wildman–Crippen LogP) is 2.03. The monoisotopic (exact) mass is 222 g/mol. The van der Waals surface area contributed by atoms with Gasteiger partial charge in [-0.05, 0) is 32.6 Å². The van der Waals surface area contributed by atoms with Gasteiger partial charge in [0.05, 0.1) is 11.4 Å². The molecule has 0 aliphatic carbocycles. The Bertz CT molecular complexity index is 361. The number of hydrogen-bond donors (Lipinski definition) is 1. The lowest BCUT2D eigenvalue weighted by atomic mass is 9.99. The SMILES string of the molecule is CCn1nc(C)c(N)c1N1CCC(C)CC1. The quantitative estimate of drug-likeness (QED) is 0.833. The van der Waals surface area contributed by atoms with E-state index in [4.69, 9.17) is 5.73 Å². The highest BCUT2D eigenvalue weighted by atomic mass is 15.4. The van der Waals surface area contributed by atoms with Crippen LogP contribution in [-0.4, -0.2) is 22.9 Å². The van der Waals surface area contributed by atoms with E-state index in [1.54, 1.807) is 0 Å². The lowest BCUT2D eigenvalue weighted by Crippen LogP contribution is -2.34. The Morgan fingerprint density at radius 2 is 2.00 bits per heavy atom. The van der Waals surface area contributed by atoms with E-state index in [-0.39, 0.29) is 0 Å². The lowest BCUT2D eigenvalue weighted by Gasteiger charge is -2.32. The van der Waals surface area contributed by atoms with E-state index in [0.29, 0.717) is 0 Å². The van der Waals surface area contributed by atoms with Crippen molar-refractivity contribution in [3.8, 4) is 0 Å². The molecule has 2 heterocycles. The van der Waals surface area contributed by atoms with Crippen molar-refractivity contribution in [1.29, 1.82) is 0 Å². The zero-order valence-corrected chi connectivity index (χ0v) is 10.5. The Balaban J connectivity index is 2.25. The van der Waals surface area contributed by atoms with Crippen LogP contribution in [0.25, 0.3) is 0 Å². The normalized spacial score (nSPS) is 18.1. The number of hydrogen-bond acceptors (Lipinski definition) is 3. The summed E-state index contributed by atoms with van der Waals surface area (Å²) in [5.41, 5.74) is 7.93. The largest absolute Gasteiger partial charge is 0.394 e. The first-order valence-electron chi connectivity index (χ1n) is 6.21. The van der Waals surface area contributed by atoms with Crippen LogP contribution in [0.1, 0.15) is 32.4 Å². The van der Waals surface area contributed by atoms with Crippen LogP contribution in [0.15, 0.2) is 0 Å². The summed E-state index contributed by atoms with van der Waals surface area (Å²) in [6.07, 6.45) is 2.51. The Hall–Kier alpha value is -1.19. The van der Waals surface area contributed by atoms with Gasteiger partial charge in [-0.1, -0.05) is 6.92 Å². The maximum Gasteiger partial charge on any atom is 0.150 e. The fourth-order valence-corrected chi connectivity index (χ4v) is 2.36. The maximum absolute atomic E-state index is 6.12. The molecule has 1 fully saturated rings. The van der Waals surface area contributed by atoms with Crippen molar-refractivity contribution in [1.82, 2.24) is 9.78 Å². The minimum Gasteiger partial charge on any atom is -0.394 e. The molecule has 1 aromatic rings. The Morgan fingerprint density at radius 1 is 1.38 bits per heavy atom. The molecule has 2 rings (SSSR count). The molecule has 90 valence electrons. The van der Waals surface area contributed by atoms with Crippen LogP contribution in [0, 0.1) is 12.8 Å². The van der Waals surface area contributed by atoms with E-state index in [1.807, 2.05) is 11.6 Å². The molecule has 4 heteroatoms. The second-order valence-electron chi connectivity index (χ2n) is 4.81. The summed E-state index contributed by atoms with van der Waals surface area (Å²) in [6.45, 7) is 9.52. The third-order valence-electron chi connectivity index (χ3n) is 3.53. The van der Waals surface area contributed by atoms with Gasteiger partial charge in [-0.3, -0.25) is 0 Å². The van der Waals surface area contributed by atoms with Gasteiger partial charge in [0.2, 0.25) is 0 Å². The van der Waals surface area contributed by atoms with Gasteiger partial charge in [-0.2, -0.15) is 5.10 Å². The molecule has 16 heavy (non-hydrogen) atoms. The molecule has 0 unspecified atom stereocenters. The number of rotatable bonds is 2. The summed E-state index contributed by atoms with van der Waals surface area (Å²) in [7, 11) is 0. The van der Waals surface area contributed by atoms with Crippen LogP contribution < -0.4 is 10.6 Å². The molecule has 1 aliphatic heterocycles. The van der Waals surface area contributed by atoms with Crippen molar-refractivity contribution < 1.29 is 0 Å². The first-order chi connectivity index (χ1) is 7.63. The number of nitrogens with two attached hydrogens (primary N) is 1. The molecular formula is C12H22N4. The van der Waals surface area contributed by atoms with Crippen LogP contribution in [0.3, 0.4) is 0 Å². The number of nitrogen functional groups attached to an aromatic ring is 1. The Labute approximate surface area is 97.4 Å². The molecule has 4 nitrogen and oxygen atoms in total. The van der Waals surface area contributed by atoms with E-state index in [0.717, 1.165) is 42.8 Å². The van der Waals surface area contributed by atoms with Gasteiger partial charge in [0.1, 0.15) is 0 Å². The van der Waals surface area contributed by atoms with Crippen molar-refractivity contribution >= 4 is 11.5 Å². The van der Waals surface area contributed by atoms with Crippen LogP contribution >= 0.6 is 0 Å². The van der Waals surface area contributed by atoms with E-state index < -0.39 is 0 Å². The highest BCUT2D eigenvalue weighted by molar-refractivity contribution is 5.66. The average Bonchev–Trinajstić information content (AvgIpc) is 2.57. The topological polar surface area (TPSA) is 47.1 Å². The molecule has 0 aromatic carbocycles. The first-order valence-corrected chi connectivity index (χ1v) is 6.21. The Kier molecular flexibility index (Phi) is 3.08. The third kappa shape index (κ3) is 1.88. The van der Waals surface area contributed by atoms with E-state index in [9.17, 15) is 0 Å². The smallest absolute Gasteiger partial charge is 0.150 e. The lowest BCUT2D eigenvalue weighted by molar-refractivity contribution is 0.431. The zero-order valence-electron chi connectivity index (χ0n) is 10.5. The van der Waals surface area contributed by atoms with Crippen LogP contribution in [0.5, 0.6) is 0 Å². The summed E-state index contributed by atoms with van der Waals surface area (Å²) in [4.78, 5) is 2.39. The number of piperidine rings is 1. The van der Waals surface area contributed by atoms with Crippen LogP contribution in [0.4, 0.5) is 11.5 Å². The highest BCUT2D eigenvalue weighted by Crippen LogP contribution is 2.30. The molecule has 1 saturated heterocycles. The van der Waals surface area contributed by atoms with Gasteiger partial charge in [0.15, 0.2) is 5.82 Å². The molecule has 0 radical (unpaired) electrons. The Morgan fingerprint density at radius 3 is 2.56 bits per heavy atom. The summed E-state index contributed by atoms with van der Waals surface area (Å²) < 4.78 is 2.03. The summed E-state index contributed by atoms with van der Waals surface area (Å²) in [5, 5.41) is 4.47. The number of nitrogens with zero attached hydrogens (tertiary/aromatic N) is 3. The molecule has 0 amide bonds. The highest BCUT2D eigenvalue weighted by Gasteiger charge is 2.22.